The zero-order chi connectivity index (χ0) is 17.2. The van der Waals surface area contributed by atoms with Crippen molar-refractivity contribution < 1.29 is 0 Å². The molecule has 0 unspecified atom stereocenters. The van der Waals surface area contributed by atoms with Gasteiger partial charge in [0.05, 0.1) is 16.6 Å². The van der Waals surface area contributed by atoms with Gasteiger partial charge in [-0.15, -0.1) is 11.3 Å². The van der Waals surface area contributed by atoms with Crippen LogP contribution >= 0.6 is 11.3 Å². The van der Waals surface area contributed by atoms with E-state index in [1.165, 1.54) is 4.88 Å². The van der Waals surface area contributed by atoms with Crippen LogP contribution in [0.3, 0.4) is 0 Å². The fourth-order valence-corrected chi connectivity index (χ4v) is 3.92. The van der Waals surface area contributed by atoms with Crippen LogP contribution < -0.4 is 5.32 Å². The van der Waals surface area contributed by atoms with Gasteiger partial charge >= 0.3 is 0 Å². The first-order valence-corrected chi connectivity index (χ1v) is 8.65. The Hall–Kier alpha value is -3.23. The number of benzene rings is 2. The first kappa shape index (κ1) is 15.3. The zero-order valence-corrected chi connectivity index (χ0v) is 14.3. The first-order valence-electron chi connectivity index (χ1n) is 7.83. The molecule has 4 aromatic rings. The van der Waals surface area contributed by atoms with Gasteiger partial charge in [0, 0.05) is 10.4 Å². The number of hydrogen-bond acceptors (Lipinski definition) is 5. The Labute approximate surface area is 149 Å². The second-order valence-electron chi connectivity index (χ2n) is 5.58. The van der Waals surface area contributed by atoms with Crippen molar-refractivity contribution in [2.45, 2.75) is 6.92 Å². The van der Waals surface area contributed by atoms with E-state index in [0.29, 0.717) is 5.56 Å². The number of hydrogen-bond donors (Lipinski definition) is 1. The highest BCUT2D eigenvalue weighted by Crippen LogP contribution is 2.41. The van der Waals surface area contributed by atoms with Crippen LogP contribution in [0.25, 0.3) is 21.3 Å². The predicted molar refractivity (Wildman–Crippen MR) is 102 cm³/mol. The van der Waals surface area contributed by atoms with Crippen molar-refractivity contribution in [1.82, 2.24) is 9.97 Å². The Bertz CT molecular complexity index is 1090. The Morgan fingerprint density at radius 3 is 2.56 bits per heavy atom. The number of nitrogens with zero attached hydrogens (tertiary/aromatic N) is 3. The van der Waals surface area contributed by atoms with Gasteiger partial charge in [-0.2, -0.15) is 5.26 Å². The van der Waals surface area contributed by atoms with Gasteiger partial charge in [-0.25, -0.2) is 9.97 Å². The number of nitrogens with one attached hydrogen (secondary N) is 1. The summed E-state index contributed by atoms with van der Waals surface area (Å²) >= 11 is 1.65. The molecule has 0 fully saturated rings. The summed E-state index contributed by atoms with van der Waals surface area (Å²) in [7, 11) is 0. The topological polar surface area (TPSA) is 61.6 Å². The second kappa shape index (κ2) is 6.34. The number of anilines is 2. The van der Waals surface area contributed by atoms with E-state index in [1.54, 1.807) is 23.7 Å². The van der Waals surface area contributed by atoms with Crippen LogP contribution in [-0.2, 0) is 0 Å². The summed E-state index contributed by atoms with van der Waals surface area (Å²) in [5.74, 6) is 0.718. The van der Waals surface area contributed by atoms with E-state index in [2.05, 4.69) is 40.4 Å². The molecular formula is C20H14N4S. The number of aromatic nitrogens is 2. The molecule has 120 valence electrons. The lowest BCUT2D eigenvalue weighted by atomic mass is 10.0. The van der Waals surface area contributed by atoms with E-state index in [-0.39, 0.29) is 0 Å². The highest BCUT2D eigenvalue weighted by molar-refractivity contribution is 7.19. The summed E-state index contributed by atoms with van der Waals surface area (Å²) in [5.41, 5.74) is 3.60. The molecule has 0 bridgehead atoms. The molecule has 0 spiro atoms. The number of nitriles is 1. The van der Waals surface area contributed by atoms with Gasteiger partial charge in [0.25, 0.3) is 0 Å². The van der Waals surface area contributed by atoms with E-state index in [0.717, 1.165) is 32.8 Å². The van der Waals surface area contributed by atoms with Gasteiger partial charge in [-0.1, -0.05) is 42.5 Å². The molecule has 0 aliphatic rings. The molecule has 1 N–H and O–H groups in total. The molecule has 25 heavy (non-hydrogen) atoms. The highest BCUT2D eigenvalue weighted by atomic mass is 32.1. The van der Waals surface area contributed by atoms with Crippen LogP contribution in [0.2, 0.25) is 0 Å². The normalized spacial score (nSPS) is 10.6. The molecule has 4 rings (SSSR count). The van der Waals surface area contributed by atoms with Crippen LogP contribution in [0.1, 0.15) is 10.4 Å². The average Bonchev–Trinajstić information content (AvgIpc) is 3.00. The third kappa shape index (κ3) is 2.73. The van der Waals surface area contributed by atoms with E-state index in [1.807, 2.05) is 36.4 Å². The molecule has 0 saturated carbocycles. The maximum Gasteiger partial charge on any atom is 0.143 e. The minimum absolute atomic E-state index is 0.586. The quantitative estimate of drug-likeness (QED) is 0.550. The Morgan fingerprint density at radius 2 is 1.76 bits per heavy atom. The minimum atomic E-state index is 0.586. The summed E-state index contributed by atoms with van der Waals surface area (Å²) in [6.45, 7) is 2.10. The Balaban J connectivity index is 1.92. The lowest BCUT2D eigenvalue weighted by Crippen LogP contribution is -1.97. The molecule has 2 aromatic heterocycles. The van der Waals surface area contributed by atoms with Crippen molar-refractivity contribution in [2.24, 2.45) is 0 Å². The van der Waals surface area contributed by atoms with E-state index >= 15 is 0 Å². The van der Waals surface area contributed by atoms with E-state index in [4.69, 9.17) is 0 Å². The molecule has 0 atom stereocenters. The molecule has 4 nitrogen and oxygen atoms in total. The van der Waals surface area contributed by atoms with Gasteiger partial charge in [0.1, 0.15) is 23.0 Å². The summed E-state index contributed by atoms with van der Waals surface area (Å²) in [4.78, 5) is 11.0. The Kier molecular flexibility index (Phi) is 3.88. The van der Waals surface area contributed by atoms with Crippen molar-refractivity contribution >= 4 is 33.1 Å². The number of aryl methyl sites for hydroxylation is 1. The first-order chi connectivity index (χ1) is 12.3. The summed E-state index contributed by atoms with van der Waals surface area (Å²) in [5, 5.41) is 13.6. The maximum atomic E-state index is 9.33. The number of thiophene rings is 1. The largest absolute Gasteiger partial charge is 0.338 e. The van der Waals surface area contributed by atoms with Gasteiger partial charge in [-0.05, 0) is 24.6 Å². The second-order valence-corrected chi connectivity index (χ2v) is 6.79. The van der Waals surface area contributed by atoms with Gasteiger partial charge in [-0.3, -0.25) is 0 Å². The molecule has 2 heterocycles. The third-order valence-corrected chi connectivity index (χ3v) is 5.04. The fraction of sp³-hybridized carbons (Fsp3) is 0.0500. The summed E-state index contributed by atoms with van der Waals surface area (Å²) < 4.78 is 0. The molecule has 0 aliphatic carbocycles. The zero-order valence-electron chi connectivity index (χ0n) is 13.5. The number of para-hydroxylation sites is 1. The molecule has 0 amide bonds. The average molecular weight is 342 g/mol. The molecular weight excluding hydrogens is 328 g/mol. The standard InChI is InChI=1S/C20H14N4S/c1-13-17(14-7-3-2-4-8-14)18-19(22-12-23-20(18)25-13)24-16-10-6-5-9-15(16)11-21/h2-10,12H,1H3,(H,22,23,24). The fourth-order valence-electron chi connectivity index (χ4n) is 2.91. The van der Waals surface area contributed by atoms with Crippen molar-refractivity contribution in [3.8, 4) is 17.2 Å². The number of rotatable bonds is 3. The minimum Gasteiger partial charge on any atom is -0.338 e. The SMILES string of the molecule is Cc1sc2ncnc(Nc3ccccc3C#N)c2c1-c1ccccc1. The summed E-state index contributed by atoms with van der Waals surface area (Å²) in [6, 6.07) is 19.9. The molecule has 2 aromatic carbocycles. The summed E-state index contributed by atoms with van der Waals surface area (Å²) in [6.07, 6.45) is 1.56. The van der Waals surface area contributed by atoms with Crippen LogP contribution in [-0.4, -0.2) is 9.97 Å². The van der Waals surface area contributed by atoms with Gasteiger partial charge < -0.3 is 5.32 Å². The van der Waals surface area contributed by atoms with Crippen LogP contribution in [0, 0.1) is 18.3 Å². The lowest BCUT2D eigenvalue weighted by Gasteiger charge is -2.10. The molecule has 0 aliphatic heterocycles. The monoisotopic (exact) mass is 342 g/mol. The van der Waals surface area contributed by atoms with E-state index < -0.39 is 0 Å². The van der Waals surface area contributed by atoms with Crippen molar-refractivity contribution in [3.05, 3.63) is 71.4 Å². The molecule has 0 saturated heterocycles. The predicted octanol–water partition coefficient (Wildman–Crippen LogP) is 5.28. The third-order valence-electron chi connectivity index (χ3n) is 4.03. The van der Waals surface area contributed by atoms with Crippen molar-refractivity contribution in [1.29, 1.82) is 5.26 Å². The van der Waals surface area contributed by atoms with Crippen molar-refractivity contribution in [3.63, 3.8) is 0 Å². The van der Waals surface area contributed by atoms with E-state index in [9.17, 15) is 5.26 Å². The van der Waals surface area contributed by atoms with Crippen molar-refractivity contribution in [2.75, 3.05) is 5.32 Å². The van der Waals surface area contributed by atoms with Crippen LogP contribution in [0.4, 0.5) is 11.5 Å². The Morgan fingerprint density at radius 1 is 1.00 bits per heavy atom. The van der Waals surface area contributed by atoms with Gasteiger partial charge in [0.15, 0.2) is 0 Å². The molecule has 5 heteroatoms. The molecule has 0 radical (unpaired) electrons. The van der Waals surface area contributed by atoms with Gasteiger partial charge in [0.2, 0.25) is 0 Å². The highest BCUT2D eigenvalue weighted by Gasteiger charge is 2.17. The smallest absolute Gasteiger partial charge is 0.143 e. The number of fused-ring (bicyclic) bond motifs is 1. The lowest BCUT2D eigenvalue weighted by molar-refractivity contribution is 1.23. The van der Waals surface area contributed by atoms with Crippen LogP contribution in [0.15, 0.2) is 60.9 Å². The van der Waals surface area contributed by atoms with Crippen LogP contribution in [0.5, 0.6) is 0 Å². The maximum absolute atomic E-state index is 9.33.